The molecule has 0 radical (unpaired) electrons. The van der Waals surface area contributed by atoms with Crippen molar-refractivity contribution in [3.63, 3.8) is 0 Å². The molecule has 14 nitrogen and oxygen atoms in total. The number of rotatable bonds is 11. The van der Waals surface area contributed by atoms with Gasteiger partial charge in [0.25, 0.3) is 0 Å². The number of pyridine rings is 2. The van der Waals surface area contributed by atoms with Gasteiger partial charge in [0.2, 0.25) is 0 Å². The smallest absolute Gasteiger partial charge is 0.323 e. The fourth-order valence-corrected chi connectivity index (χ4v) is 6.63. The second kappa shape index (κ2) is 21.3. The van der Waals surface area contributed by atoms with Gasteiger partial charge in [0.1, 0.15) is 64.9 Å². The number of nitriles is 2. The molecule has 0 bridgehead atoms. The van der Waals surface area contributed by atoms with E-state index in [0.717, 1.165) is 5.56 Å². The third kappa shape index (κ3) is 12.0. The summed E-state index contributed by atoms with van der Waals surface area (Å²) in [5.74, 6) is 1.57. The molecule has 0 saturated heterocycles. The molecule has 9 aromatic rings. The van der Waals surface area contributed by atoms with Crippen LogP contribution in [0.2, 0.25) is 0 Å². The molecule has 16 heteroatoms. The Morgan fingerprint density at radius 1 is 0.522 bits per heavy atom. The summed E-state index contributed by atoms with van der Waals surface area (Å²) in [5, 5.41) is 40.6. The van der Waals surface area contributed by atoms with Gasteiger partial charge < -0.3 is 40.6 Å². The highest BCUT2D eigenvalue weighted by molar-refractivity contribution is 6.00. The standard InChI is InChI=1S/C30H21FN4O3.C23H15FN4O3/c31-22-6-8-23(9-7-22)34-30(36)35-24-10-12-25(13-11-24)38-28-14-15-33-27-17-29(21(18-32)16-26(27)28)37-19-20-4-2-1-3-5-20;24-15-1-3-16(4-2-15)27-23(30)28-17-5-7-18(8-6-17)31-22-9-10-26-20-12-21(29)14(13-25)11-19(20)22/h1-17H,19H2,(H2,34,35,36);1-12,29H,(H2,27,28,30). The van der Waals surface area contributed by atoms with Crippen LogP contribution in [0.1, 0.15) is 16.7 Å². The van der Waals surface area contributed by atoms with Crippen molar-refractivity contribution in [1.29, 1.82) is 10.5 Å². The van der Waals surface area contributed by atoms with Gasteiger partial charge in [-0.15, -0.1) is 0 Å². The van der Waals surface area contributed by atoms with Gasteiger partial charge >= 0.3 is 12.1 Å². The van der Waals surface area contributed by atoms with Crippen molar-refractivity contribution in [2.75, 3.05) is 21.3 Å². The molecular formula is C53H36F2N8O6. The summed E-state index contributed by atoms with van der Waals surface area (Å²) in [6, 6.07) is 47.0. The molecule has 338 valence electrons. The van der Waals surface area contributed by atoms with Gasteiger partial charge in [-0.1, -0.05) is 30.3 Å². The van der Waals surface area contributed by atoms with Crippen LogP contribution >= 0.6 is 0 Å². The molecule has 0 spiro atoms. The lowest BCUT2D eigenvalue weighted by Gasteiger charge is -2.13. The zero-order valence-electron chi connectivity index (χ0n) is 36.0. The minimum atomic E-state index is -0.468. The summed E-state index contributed by atoms with van der Waals surface area (Å²) in [4.78, 5) is 32.9. The third-order valence-electron chi connectivity index (χ3n) is 9.98. The number of amides is 4. The lowest BCUT2D eigenvalue weighted by atomic mass is 10.1. The van der Waals surface area contributed by atoms with Gasteiger partial charge in [-0.2, -0.15) is 10.5 Å². The molecule has 7 aromatic carbocycles. The summed E-state index contributed by atoms with van der Waals surface area (Å²) in [6.45, 7) is 0.333. The SMILES string of the molecule is N#Cc1cc2c(Oc3ccc(NC(=O)Nc4ccc(F)cc4)cc3)ccnc2cc1O.N#Cc1cc2c(Oc3ccc(NC(=O)Nc4ccc(F)cc4)cc3)ccnc2cc1OCc1ccccc1. The number of carbonyl (C=O) groups is 2. The Hall–Kier alpha value is -10.1. The van der Waals surface area contributed by atoms with Crippen LogP contribution < -0.4 is 35.5 Å². The molecular weight excluding hydrogens is 883 g/mol. The Bertz CT molecular complexity index is 3370. The molecule has 0 fully saturated rings. The number of hydrogen-bond acceptors (Lipinski definition) is 10. The van der Waals surface area contributed by atoms with E-state index in [1.165, 1.54) is 60.7 Å². The molecule has 69 heavy (non-hydrogen) atoms. The van der Waals surface area contributed by atoms with Crippen molar-refractivity contribution in [2.24, 2.45) is 0 Å². The van der Waals surface area contributed by atoms with Crippen LogP contribution in [-0.2, 0) is 6.61 Å². The number of aromatic nitrogens is 2. The average Bonchev–Trinajstić information content (AvgIpc) is 3.36. The summed E-state index contributed by atoms with van der Waals surface area (Å²) in [5.41, 5.74) is 4.62. The first kappa shape index (κ1) is 45.5. The molecule has 4 amide bonds. The lowest BCUT2D eigenvalue weighted by Crippen LogP contribution is -2.19. The monoisotopic (exact) mass is 918 g/mol. The van der Waals surface area contributed by atoms with Crippen molar-refractivity contribution >= 4 is 56.6 Å². The molecule has 9 rings (SSSR count). The predicted molar refractivity (Wildman–Crippen MR) is 256 cm³/mol. The van der Waals surface area contributed by atoms with E-state index < -0.39 is 12.1 Å². The quantitative estimate of drug-likeness (QED) is 0.0830. The number of halogens is 2. The summed E-state index contributed by atoms with van der Waals surface area (Å²) >= 11 is 0. The molecule has 2 heterocycles. The number of aromatic hydroxyl groups is 1. The van der Waals surface area contributed by atoms with Crippen LogP contribution in [-0.4, -0.2) is 27.1 Å². The number of phenolic OH excluding ortho intramolecular Hbond substituents is 1. The van der Waals surface area contributed by atoms with Crippen LogP contribution in [0.3, 0.4) is 0 Å². The molecule has 0 saturated carbocycles. The highest BCUT2D eigenvalue weighted by atomic mass is 19.1. The van der Waals surface area contributed by atoms with Crippen molar-refractivity contribution in [3.8, 4) is 46.6 Å². The first-order valence-electron chi connectivity index (χ1n) is 20.8. The molecule has 2 aromatic heterocycles. The predicted octanol–water partition coefficient (Wildman–Crippen LogP) is 12.6. The number of carbonyl (C=O) groups excluding carboxylic acids is 2. The number of phenols is 1. The van der Waals surface area contributed by atoms with E-state index in [9.17, 15) is 28.7 Å². The Morgan fingerprint density at radius 2 is 0.942 bits per heavy atom. The molecule has 0 unspecified atom stereocenters. The van der Waals surface area contributed by atoms with Gasteiger partial charge in [0.05, 0.1) is 22.2 Å². The molecule has 5 N–H and O–H groups in total. The lowest BCUT2D eigenvalue weighted by molar-refractivity contribution is 0.261. The fraction of sp³-hybridized carbons (Fsp3) is 0.0189. The normalized spacial score (nSPS) is 10.4. The second-order valence-electron chi connectivity index (χ2n) is 14.8. The number of nitrogens with one attached hydrogen (secondary N) is 4. The number of urea groups is 2. The van der Waals surface area contributed by atoms with Crippen LogP contribution in [0.25, 0.3) is 21.8 Å². The van der Waals surface area contributed by atoms with E-state index in [1.807, 2.05) is 36.4 Å². The number of hydrogen-bond donors (Lipinski definition) is 5. The van der Waals surface area contributed by atoms with Crippen molar-refractivity contribution in [3.05, 3.63) is 205 Å². The van der Waals surface area contributed by atoms with E-state index >= 15 is 0 Å². The Balaban J connectivity index is 0.000000190. The van der Waals surface area contributed by atoms with E-state index in [2.05, 4.69) is 37.3 Å². The largest absolute Gasteiger partial charge is 0.506 e. The van der Waals surface area contributed by atoms with Crippen LogP contribution in [0.5, 0.6) is 34.5 Å². The minimum absolute atomic E-state index is 0.122. The molecule has 0 aliphatic rings. The number of ether oxygens (including phenoxy) is 3. The number of nitrogens with zero attached hydrogens (tertiary/aromatic N) is 4. The molecule has 0 atom stereocenters. The summed E-state index contributed by atoms with van der Waals surface area (Å²) < 4.78 is 43.9. The van der Waals surface area contributed by atoms with E-state index in [0.29, 0.717) is 85.5 Å². The maximum absolute atomic E-state index is 13.0. The number of anilines is 4. The van der Waals surface area contributed by atoms with Gasteiger partial charge in [0.15, 0.2) is 0 Å². The summed E-state index contributed by atoms with van der Waals surface area (Å²) in [7, 11) is 0. The van der Waals surface area contributed by atoms with Crippen LogP contribution in [0.15, 0.2) is 176 Å². The first-order valence-corrected chi connectivity index (χ1v) is 20.8. The van der Waals surface area contributed by atoms with Crippen molar-refractivity contribution in [2.45, 2.75) is 6.61 Å². The molecule has 0 aliphatic carbocycles. The van der Waals surface area contributed by atoms with E-state index in [4.69, 9.17) is 19.5 Å². The van der Waals surface area contributed by atoms with E-state index in [-0.39, 0.29) is 22.9 Å². The maximum Gasteiger partial charge on any atom is 0.323 e. The second-order valence-corrected chi connectivity index (χ2v) is 14.8. The Labute approximate surface area is 392 Å². The zero-order valence-corrected chi connectivity index (χ0v) is 36.0. The van der Waals surface area contributed by atoms with Gasteiger partial charge in [0, 0.05) is 58.0 Å². The highest BCUT2D eigenvalue weighted by Crippen LogP contribution is 2.35. The average molecular weight is 919 g/mol. The fourth-order valence-electron chi connectivity index (χ4n) is 6.63. The van der Waals surface area contributed by atoms with Crippen molar-refractivity contribution < 1.29 is 37.7 Å². The maximum atomic E-state index is 13.0. The first-order chi connectivity index (χ1) is 33.6. The highest BCUT2D eigenvalue weighted by Gasteiger charge is 2.14. The third-order valence-corrected chi connectivity index (χ3v) is 9.98. The Morgan fingerprint density at radius 3 is 1.39 bits per heavy atom. The topological polar surface area (TPSA) is 204 Å². The van der Waals surface area contributed by atoms with Gasteiger partial charge in [-0.25, -0.2) is 18.4 Å². The number of fused-ring (bicyclic) bond motifs is 2. The molecule has 0 aliphatic heterocycles. The van der Waals surface area contributed by atoms with Crippen LogP contribution in [0, 0.1) is 34.3 Å². The van der Waals surface area contributed by atoms with Gasteiger partial charge in [-0.3, -0.25) is 9.97 Å². The van der Waals surface area contributed by atoms with Gasteiger partial charge in [-0.05, 0) is 127 Å². The minimum Gasteiger partial charge on any atom is -0.506 e. The van der Waals surface area contributed by atoms with E-state index in [1.54, 1.807) is 85.2 Å². The van der Waals surface area contributed by atoms with Crippen LogP contribution in [0.4, 0.5) is 41.1 Å². The zero-order chi connectivity index (χ0) is 48.1. The summed E-state index contributed by atoms with van der Waals surface area (Å²) in [6.07, 6.45) is 3.17. The van der Waals surface area contributed by atoms with Crippen molar-refractivity contribution in [1.82, 2.24) is 9.97 Å². The number of benzene rings is 7. The Kier molecular flexibility index (Phi) is 14.0.